The Morgan fingerprint density at radius 3 is 1.69 bits per heavy atom. The van der Waals surface area contributed by atoms with Gasteiger partial charge in [0.15, 0.2) is 5.40 Å². The van der Waals surface area contributed by atoms with Crippen LogP contribution in [0.25, 0.3) is 0 Å². The number of nitrogens with one attached hydrogen (secondary N) is 1. The normalized spacial score (nSPS) is 13.7. The molecular weight excluding hydrogens is 224 g/mol. The van der Waals surface area contributed by atoms with Crippen molar-refractivity contribution in [3.8, 4) is 0 Å². The van der Waals surface area contributed by atoms with Crippen LogP contribution in [-0.2, 0) is 9.13 Å². The van der Waals surface area contributed by atoms with Crippen LogP contribution in [0.5, 0.6) is 0 Å². The van der Waals surface area contributed by atoms with Gasteiger partial charge in [-0.2, -0.15) is 0 Å². The number of aliphatic hydroxyl groups excluding tert-OH is 1. The fourth-order valence-corrected chi connectivity index (χ4v) is 2.93. The monoisotopic (exact) mass is 235 g/mol. The number of aliphatic hydroxyl groups is 1. The summed E-state index contributed by atoms with van der Waals surface area (Å²) in [4.78, 5) is 34.1. The summed E-state index contributed by atoms with van der Waals surface area (Å²) in [7, 11) is -9.73. The molecule has 0 aliphatic rings. The third-order valence-electron chi connectivity index (χ3n) is 1.22. The third-order valence-corrected chi connectivity index (χ3v) is 4.94. The molecule has 0 fully saturated rings. The standard InChI is InChI=1S/C3H11NO7P2/c5-2-4-1-3(12(6,7)8)13(9,10)11/h3-5H,1-2H2,(H2,6,7,8)(H2,9,10,11). The maximum absolute atomic E-state index is 10.6. The minimum absolute atomic E-state index is 0.615. The zero-order valence-corrected chi connectivity index (χ0v) is 8.23. The number of rotatable bonds is 5. The first-order valence-electron chi connectivity index (χ1n) is 3.11. The molecule has 6 N–H and O–H groups in total. The highest BCUT2D eigenvalue weighted by Crippen LogP contribution is 2.59. The Labute approximate surface area is 73.9 Å². The summed E-state index contributed by atoms with van der Waals surface area (Å²) in [5.74, 6) is 0. The Balaban J connectivity index is 4.59. The summed E-state index contributed by atoms with van der Waals surface area (Å²) in [6, 6.07) is 0. The molecule has 0 aromatic rings. The zero-order valence-electron chi connectivity index (χ0n) is 6.44. The first kappa shape index (κ1) is 13.2. The van der Waals surface area contributed by atoms with Gasteiger partial charge in [-0.1, -0.05) is 0 Å². The van der Waals surface area contributed by atoms with Gasteiger partial charge in [0.2, 0.25) is 0 Å². The van der Waals surface area contributed by atoms with Gasteiger partial charge in [0.1, 0.15) is 0 Å². The molecule has 0 unspecified atom stereocenters. The lowest BCUT2D eigenvalue weighted by Crippen LogP contribution is -2.27. The van der Waals surface area contributed by atoms with E-state index >= 15 is 0 Å². The summed E-state index contributed by atoms with van der Waals surface area (Å²) in [6.45, 7) is -1.26. The van der Waals surface area contributed by atoms with E-state index in [0.717, 1.165) is 0 Å². The minimum Gasteiger partial charge on any atom is -0.381 e. The van der Waals surface area contributed by atoms with Crippen LogP contribution in [0.15, 0.2) is 0 Å². The van der Waals surface area contributed by atoms with Crippen molar-refractivity contribution < 1.29 is 33.8 Å². The third kappa shape index (κ3) is 4.85. The molecule has 0 heterocycles. The van der Waals surface area contributed by atoms with Crippen molar-refractivity contribution in [2.75, 3.05) is 13.3 Å². The summed E-state index contributed by atoms with van der Waals surface area (Å²) in [5.41, 5.74) is 0. The molecular formula is C3H11NO7P2. The fraction of sp³-hybridized carbons (Fsp3) is 1.00. The number of hydrogen-bond acceptors (Lipinski definition) is 4. The first-order valence-corrected chi connectivity index (χ1v) is 6.48. The van der Waals surface area contributed by atoms with E-state index in [4.69, 9.17) is 24.7 Å². The Morgan fingerprint density at radius 1 is 1.08 bits per heavy atom. The quantitative estimate of drug-likeness (QED) is 0.242. The average molecular weight is 235 g/mol. The van der Waals surface area contributed by atoms with Gasteiger partial charge in [-0.05, 0) is 0 Å². The van der Waals surface area contributed by atoms with Crippen LogP contribution in [-0.4, -0.2) is 43.4 Å². The van der Waals surface area contributed by atoms with Crippen LogP contribution in [0.2, 0.25) is 0 Å². The maximum atomic E-state index is 10.6. The van der Waals surface area contributed by atoms with Gasteiger partial charge in [0, 0.05) is 6.54 Å². The van der Waals surface area contributed by atoms with E-state index in [1.54, 1.807) is 0 Å². The van der Waals surface area contributed by atoms with E-state index in [-0.39, 0.29) is 0 Å². The average Bonchev–Trinajstić information content (AvgIpc) is 1.81. The van der Waals surface area contributed by atoms with Crippen molar-refractivity contribution in [1.29, 1.82) is 0 Å². The molecule has 80 valence electrons. The second-order valence-electron chi connectivity index (χ2n) is 2.27. The zero-order chi connectivity index (χ0) is 10.7. The second-order valence-corrected chi connectivity index (χ2v) is 6.28. The van der Waals surface area contributed by atoms with E-state index in [1.807, 2.05) is 5.32 Å². The number of hydrogen-bond donors (Lipinski definition) is 6. The van der Waals surface area contributed by atoms with Crippen LogP contribution >= 0.6 is 15.2 Å². The molecule has 0 aliphatic carbocycles. The highest BCUT2D eigenvalue weighted by molar-refractivity contribution is 7.70. The lowest BCUT2D eigenvalue weighted by Gasteiger charge is -2.19. The van der Waals surface area contributed by atoms with E-state index in [0.29, 0.717) is 0 Å². The van der Waals surface area contributed by atoms with Crippen molar-refractivity contribution in [1.82, 2.24) is 5.32 Å². The van der Waals surface area contributed by atoms with E-state index in [9.17, 15) is 9.13 Å². The van der Waals surface area contributed by atoms with Crippen molar-refractivity contribution in [2.45, 2.75) is 5.40 Å². The summed E-state index contributed by atoms with van der Waals surface area (Å²) < 4.78 is 21.1. The molecule has 13 heavy (non-hydrogen) atoms. The minimum atomic E-state index is -4.86. The van der Waals surface area contributed by atoms with Crippen LogP contribution in [0, 0.1) is 0 Å². The Kier molecular flexibility index (Phi) is 4.71. The summed E-state index contributed by atoms with van der Waals surface area (Å²) >= 11 is 0. The molecule has 0 aliphatic heterocycles. The molecule has 8 nitrogen and oxygen atoms in total. The maximum Gasteiger partial charge on any atom is 0.342 e. The first-order chi connectivity index (χ1) is 5.69. The molecule has 0 amide bonds. The van der Waals surface area contributed by atoms with Crippen LogP contribution < -0.4 is 5.32 Å². The SMILES string of the molecule is O=P(O)(O)C(CNCO)P(=O)(O)O. The predicted molar refractivity (Wildman–Crippen MR) is 43.0 cm³/mol. The molecule has 0 aromatic heterocycles. The van der Waals surface area contributed by atoms with Crippen LogP contribution in [0.3, 0.4) is 0 Å². The summed E-state index contributed by atoms with van der Waals surface area (Å²) in [6.07, 6.45) is 0. The Bertz CT molecular complexity index is 220. The smallest absolute Gasteiger partial charge is 0.342 e. The van der Waals surface area contributed by atoms with Crippen molar-refractivity contribution in [3.63, 3.8) is 0 Å². The van der Waals surface area contributed by atoms with Crippen LogP contribution in [0.1, 0.15) is 0 Å². The second kappa shape index (κ2) is 4.63. The molecule has 0 aromatic carbocycles. The van der Waals surface area contributed by atoms with Gasteiger partial charge in [0.05, 0.1) is 6.73 Å². The highest BCUT2D eigenvalue weighted by Gasteiger charge is 2.42. The predicted octanol–water partition coefficient (Wildman–Crippen LogP) is -1.79. The van der Waals surface area contributed by atoms with Gasteiger partial charge < -0.3 is 24.7 Å². The van der Waals surface area contributed by atoms with Gasteiger partial charge >= 0.3 is 15.2 Å². The molecule has 0 spiro atoms. The fourth-order valence-electron chi connectivity index (χ4n) is 0.627. The molecule has 0 saturated heterocycles. The van der Waals surface area contributed by atoms with Crippen molar-refractivity contribution in [2.24, 2.45) is 0 Å². The molecule has 0 saturated carbocycles. The summed E-state index contributed by atoms with van der Waals surface area (Å²) in [5, 5.41) is 8.16. The lowest BCUT2D eigenvalue weighted by molar-refractivity contribution is 0.258. The highest BCUT2D eigenvalue weighted by atomic mass is 31.2. The van der Waals surface area contributed by atoms with E-state index < -0.39 is 33.9 Å². The largest absolute Gasteiger partial charge is 0.381 e. The van der Waals surface area contributed by atoms with Crippen molar-refractivity contribution >= 4 is 15.2 Å². The van der Waals surface area contributed by atoms with Crippen LogP contribution in [0.4, 0.5) is 0 Å². The topological polar surface area (TPSA) is 147 Å². The van der Waals surface area contributed by atoms with E-state index in [1.165, 1.54) is 0 Å². The van der Waals surface area contributed by atoms with Gasteiger partial charge in [-0.15, -0.1) is 0 Å². The Hall–Kier alpha value is 0.220. The Morgan fingerprint density at radius 2 is 1.46 bits per heavy atom. The van der Waals surface area contributed by atoms with Crippen molar-refractivity contribution in [3.05, 3.63) is 0 Å². The molecule has 0 bridgehead atoms. The van der Waals surface area contributed by atoms with Gasteiger partial charge in [-0.25, -0.2) is 0 Å². The van der Waals surface area contributed by atoms with E-state index in [2.05, 4.69) is 0 Å². The molecule has 0 rings (SSSR count). The lowest BCUT2D eigenvalue weighted by atomic mass is 10.7. The molecule has 0 radical (unpaired) electrons. The molecule has 0 atom stereocenters. The van der Waals surface area contributed by atoms with Gasteiger partial charge in [0.25, 0.3) is 0 Å². The van der Waals surface area contributed by atoms with Gasteiger partial charge in [-0.3, -0.25) is 14.4 Å². The molecule has 10 heteroatoms.